The first-order chi connectivity index (χ1) is 7.30. The molecular formula is C9H15I2NO4. The maximum absolute atomic E-state index is 11.0. The van der Waals surface area contributed by atoms with Gasteiger partial charge < -0.3 is 20.3 Å². The van der Waals surface area contributed by atoms with Crippen LogP contribution in [0.1, 0.15) is 13.8 Å². The van der Waals surface area contributed by atoms with E-state index in [1.165, 1.54) is 6.92 Å². The van der Waals surface area contributed by atoms with E-state index in [0.29, 0.717) is 0 Å². The molecule has 1 saturated heterocycles. The first-order valence-electron chi connectivity index (χ1n) is 4.90. The molecule has 1 aliphatic rings. The van der Waals surface area contributed by atoms with Crippen molar-refractivity contribution in [3.63, 3.8) is 0 Å². The Bertz CT molecular complexity index is 274. The lowest BCUT2D eigenvalue weighted by Gasteiger charge is -2.46. The Labute approximate surface area is 122 Å². The van der Waals surface area contributed by atoms with Crippen LogP contribution in [-0.2, 0) is 9.53 Å². The Balaban J connectivity index is 2.86. The summed E-state index contributed by atoms with van der Waals surface area (Å²) in [5.74, 6) is -0.203. The number of halogens is 2. The van der Waals surface area contributed by atoms with Crippen LogP contribution in [-0.4, -0.2) is 48.5 Å². The van der Waals surface area contributed by atoms with Crippen molar-refractivity contribution in [1.29, 1.82) is 0 Å². The van der Waals surface area contributed by atoms with Gasteiger partial charge in [0.15, 0.2) is 0 Å². The van der Waals surface area contributed by atoms with Crippen molar-refractivity contribution in [2.24, 2.45) is 0 Å². The highest BCUT2D eigenvalue weighted by Gasteiger charge is 2.51. The molecule has 3 N–H and O–H groups in total. The van der Waals surface area contributed by atoms with Gasteiger partial charge in [-0.3, -0.25) is 4.79 Å². The van der Waals surface area contributed by atoms with Gasteiger partial charge in [-0.25, -0.2) is 0 Å². The van der Waals surface area contributed by atoms with E-state index >= 15 is 0 Å². The summed E-state index contributed by atoms with van der Waals surface area (Å²) in [5, 5.41) is 22.1. The first kappa shape index (κ1) is 14.9. The summed E-state index contributed by atoms with van der Waals surface area (Å²) in [6, 6.07) is -0.450. The van der Waals surface area contributed by atoms with Crippen LogP contribution in [0, 0.1) is 0 Å². The van der Waals surface area contributed by atoms with Gasteiger partial charge in [-0.15, -0.1) is 0 Å². The fourth-order valence-electron chi connectivity index (χ4n) is 1.72. The maximum Gasteiger partial charge on any atom is 0.217 e. The number of aliphatic hydroxyl groups excluding tert-OH is 2. The number of carbonyl (C=O) groups excluding carboxylic acids is 1. The molecule has 1 heterocycles. The third-order valence-corrected chi connectivity index (χ3v) is 5.25. The smallest absolute Gasteiger partial charge is 0.217 e. The molecule has 16 heavy (non-hydrogen) atoms. The average Bonchev–Trinajstić information content (AvgIpc) is 2.18. The summed E-state index contributed by atoms with van der Waals surface area (Å²) in [4.78, 5) is 11.0. The van der Waals surface area contributed by atoms with Crippen molar-refractivity contribution >= 4 is 51.1 Å². The number of nitrogens with one attached hydrogen (secondary N) is 1. The summed E-state index contributed by atoms with van der Waals surface area (Å²) in [6.45, 7) is 3.02. The van der Waals surface area contributed by atoms with E-state index in [9.17, 15) is 15.0 Å². The molecular weight excluding hydrogens is 440 g/mol. The van der Waals surface area contributed by atoms with E-state index in [2.05, 4.69) is 50.5 Å². The number of alkyl halides is 2. The van der Waals surface area contributed by atoms with Gasteiger partial charge in [-0.1, -0.05) is 45.2 Å². The fraction of sp³-hybridized carbons (Fsp3) is 0.889. The SMILES string of the molecule is CC(=O)NC1C(C)OC(CO)C(I)(I)C1O. The van der Waals surface area contributed by atoms with Gasteiger partial charge in [0.05, 0.1) is 18.8 Å². The van der Waals surface area contributed by atoms with Gasteiger partial charge in [0, 0.05) is 6.92 Å². The zero-order valence-corrected chi connectivity index (χ0v) is 13.3. The summed E-state index contributed by atoms with van der Waals surface area (Å²) < 4.78 is 4.95. The molecule has 1 rings (SSSR count). The number of ether oxygens (including phenoxy) is 1. The molecule has 1 aliphatic heterocycles. The Hall–Kier alpha value is 0.810. The van der Waals surface area contributed by atoms with Crippen molar-refractivity contribution < 1.29 is 19.7 Å². The lowest BCUT2D eigenvalue weighted by atomic mass is 9.96. The van der Waals surface area contributed by atoms with Crippen molar-refractivity contribution in [3.8, 4) is 0 Å². The highest BCUT2D eigenvalue weighted by molar-refractivity contribution is 14.2. The van der Waals surface area contributed by atoms with Crippen LogP contribution in [0.2, 0.25) is 0 Å². The lowest BCUT2D eigenvalue weighted by Crippen LogP contribution is -2.65. The number of amides is 1. The van der Waals surface area contributed by atoms with Crippen LogP contribution in [0.5, 0.6) is 0 Å². The largest absolute Gasteiger partial charge is 0.394 e. The standard InChI is InChI=1S/C9H15I2NO4/c1-4-7(12-5(2)14)8(15)9(10,11)6(3-13)16-4/h4,6-8,13,15H,3H2,1-2H3,(H,12,14). The zero-order valence-electron chi connectivity index (χ0n) is 8.98. The third kappa shape index (κ3) is 2.98. The molecule has 1 amide bonds. The Morgan fingerprint density at radius 1 is 1.56 bits per heavy atom. The number of aliphatic hydroxyl groups is 2. The van der Waals surface area contributed by atoms with Gasteiger partial charge in [0.2, 0.25) is 5.91 Å². The van der Waals surface area contributed by atoms with Crippen LogP contribution in [0.3, 0.4) is 0 Å². The van der Waals surface area contributed by atoms with Gasteiger partial charge in [-0.2, -0.15) is 0 Å². The predicted octanol–water partition coefficient (Wildman–Crippen LogP) is 0.198. The fourth-order valence-corrected chi connectivity index (χ4v) is 3.18. The van der Waals surface area contributed by atoms with Crippen molar-refractivity contribution in [2.75, 3.05) is 6.61 Å². The number of hydrogen-bond acceptors (Lipinski definition) is 4. The Morgan fingerprint density at radius 2 is 2.12 bits per heavy atom. The molecule has 0 aromatic carbocycles. The minimum atomic E-state index is -0.765. The summed E-state index contributed by atoms with van der Waals surface area (Å²) in [5.41, 5.74) is 0. The molecule has 0 radical (unpaired) electrons. The van der Waals surface area contributed by atoms with Gasteiger partial charge in [0.25, 0.3) is 0 Å². The van der Waals surface area contributed by atoms with Crippen LogP contribution in [0.4, 0.5) is 0 Å². The van der Waals surface area contributed by atoms with Gasteiger partial charge in [0.1, 0.15) is 13.6 Å². The van der Waals surface area contributed by atoms with Gasteiger partial charge in [-0.05, 0) is 6.92 Å². The van der Waals surface area contributed by atoms with Crippen LogP contribution >= 0.6 is 45.2 Å². The molecule has 0 spiro atoms. The van der Waals surface area contributed by atoms with E-state index in [4.69, 9.17) is 4.74 Å². The van der Waals surface area contributed by atoms with Crippen molar-refractivity contribution in [3.05, 3.63) is 0 Å². The van der Waals surface area contributed by atoms with E-state index < -0.39 is 19.7 Å². The minimum Gasteiger partial charge on any atom is -0.394 e. The highest BCUT2D eigenvalue weighted by atomic mass is 127. The molecule has 4 unspecified atom stereocenters. The zero-order chi connectivity index (χ0) is 12.5. The van der Waals surface area contributed by atoms with E-state index in [0.717, 1.165) is 0 Å². The number of hydrogen-bond donors (Lipinski definition) is 3. The Kier molecular flexibility index (Phi) is 5.24. The van der Waals surface area contributed by atoms with Gasteiger partial charge >= 0.3 is 0 Å². The molecule has 0 aliphatic carbocycles. The minimum absolute atomic E-state index is 0.153. The molecule has 5 nitrogen and oxygen atoms in total. The summed E-state index contributed by atoms with van der Waals surface area (Å²) >= 11 is 4.10. The van der Waals surface area contributed by atoms with Crippen molar-refractivity contribution in [2.45, 2.75) is 39.6 Å². The molecule has 94 valence electrons. The third-order valence-electron chi connectivity index (χ3n) is 2.58. The van der Waals surface area contributed by atoms with E-state index in [-0.39, 0.29) is 18.6 Å². The lowest BCUT2D eigenvalue weighted by molar-refractivity contribution is -0.135. The topological polar surface area (TPSA) is 78.8 Å². The van der Waals surface area contributed by atoms with Crippen LogP contribution < -0.4 is 5.32 Å². The molecule has 4 atom stereocenters. The number of rotatable bonds is 2. The monoisotopic (exact) mass is 455 g/mol. The maximum atomic E-state index is 11.0. The second-order valence-corrected chi connectivity index (χ2v) is 9.49. The summed E-state index contributed by atoms with van der Waals surface area (Å²) in [7, 11) is 0. The van der Waals surface area contributed by atoms with Crippen LogP contribution in [0.25, 0.3) is 0 Å². The average molecular weight is 455 g/mol. The second kappa shape index (κ2) is 5.63. The molecule has 1 fully saturated rings. The second-order valence-electron chi connectivity index (χ2n) is 3.86. The van der Waals surface area contributed by atoms with Crippen LogP contribution in [0.15, 0.2) is 0 Å². The molecule has 7 heteroatoms. The molecule has 0 aromatic rings. The predicted molar refractivity (Wildman–Crippen MR) is 75.8 cm³/mol. The van der Waals surface area contributed by atoms with Crippen molar-refractivity contribution in [1.82, 2.24) is 5.32 Å². The molecule has 0 aromatic heterocycles. The first-order valence-corrected chi connectivity index (χ1v) is 7.05. The Morgan fingerprint density at radius 3 is 2.56 bits per heavy atom. The van der Waals surface area contributed by atoms with E-state index in [1.54, 1.807) is 6.92 Å². The highest BCUT2D eigenvalue weighted by Crippen LogP contribution is 2.42. The van der Waals surface area contributed by atoms with E-state index in [1.807, 2.05) is 0 Å². The quantitative estimate of drug-likeness (QED) is 0.411. The normalized spacial score (nSPS) is 38.1. The molecule has 0 saturated carbocycles. The summed E-state index contributed by atoms with van der Waals surface area (Å²) in [6.07, 6.45) is -1.53. The number of carbonyl (C=O) groups is 1. The molecule has 0 bridgehead atoms.